The Labute approximate surface area is 122 Å². The number of anilines is 1. The van der Waals surface area contributed by atoms with Crippen LogP contribution in [0.25, 0.3) is 10.9 Å². The van der Waals surface area contributed by atoms with E-state index in [9.17, 15) is 10.1 Å². The number of hydrazine groups is 1. The third-order valence-electron chi connectivity index (χ3n) is 3.77. The van der Waals surface area contributed by atoms with Crippen LogP contribution in [0.1, 0.15) is 25.0 Å². The minimum absolute atomic E-state index is 0.0925. The lowest BCUT2D eigenvalue weighted by molar-refractivity contribution is -0.384. The molecule has 21 heavy (non-hydrogen) atoms. The van der Waals surface area contributed by atoms with Crippen molar-refractivity contribution in [3.63, 3.8) is 0 Å². The number of nitrogens with zero attached hydrogens (tertiary/aromatic N) is 3. The number of rotatable bonds is 3. The standard InChI is InChI=1S/C15H18N4O2/c1-11-9-15(17-18-7-3-2-4-8-18)13-10-12(19(20)21)5-6-14(13)16-11/h5-6,9-10H,2-4,7-8H2,1H3,(H,16,17). The van der Waals surface area contributed by atoms with E-state index in [0.29, 0.717) is 0 Å². The molecule has 1 saturated heterocycles. The fraction of sp³-hybridized carbons (Fsp3) is 0.400. The summed E-state index contributed by atoms with van der Waals surface area (Å²) in [5.41, 5.74) is 6.06. The summed E-state index contributed by atoms with van der Waals surface area (Å²) >= 11 is 0. The third kappa shape index (κ3) is 2.95. The summed E-state index contributed by atoms with van der Waals surface area (Å²) in [6.07, 6.45) is 3.62. The molecule has 0 radical (unpaired) electrons. The van der Waals surface area contributed by atoms with E-state index in [2.05, 4.69) is 15.4 Å². The Kier molecular flexibility index (Phi) is 3.70. The number of aryl methyl sites for hydroxylation is 1. The van der Waals surface area contributed by atoms with Crippen molar-refractivity contribution in [2.75, 3.05) is 18.5 Å². The topological polar surface area (TPSA) is 71.3 Å². The molecule has 0 unspecified atom stereocenters. The average molecular weight is 286 g/mol. The molecule has 6 heteroatoms. The van der Waals surface area contributed by atoms with Gasteiger partial charge in [0.1, 0.15) is 0 Å². The number of benzene rings is 1. The van der Waals surface area contributed by atoms with Crippen molar-refractivity contribution in [1.82, 2.24) is 9.99 Å². The molecule has 6 nitrogen and oxygen atoms in total. The van der Waals surface area contributed by atoms with Crippen LogP contribution in [0.3, 0.4) is 0 Å². The summed E-state index contributed by atoms with van der Waals surface area (Å²) in [4.78, 5) is 15.0. The lowest BCUT2D eigenvalue weighted by atomic mass is 10.1. The van der Waals surface area contributed by atoms with Crippen molar-refractivity contribution in [1.29, 1.82) is 0 Å². The SMILES string of the molecule is Cc1cc(NN2CCCCC2)c2cc([N+](=O)[O-])ccc2n1. The first-order valence-electron chi connectivity index (χ1n) is 7.21. The van der Waals surface area contributed by atoms with Crippen LogP contribution >= 0.6 is 0 Å². The number of aromatic nitrogens is 1. The van der Waals surface area contributed by atoms with Crippen LogP contribution in [0.4, 0.5) is 11.4 Å². The molecule has 3 rings (SSSR count). The van der Waals surface area contributed by atoms with Gasteiger partial charge in [-0.25, -0.2) is 5.01 Å². The molecule has 0 aliphatic carbocycles. The summed E-state index contributed by atoms with van der Waals surface area (Å²) in [5, 5.41) is 13.9. The number of hydrogen-bond acceptors (Lipinski definition) is 5. The first kappa shape index (κ1) is 13.8. The molecule has 1 aliphatic heterocycles. The lowest BCUT2D eigenvalue weighted by Gasteiger charge is -2.28. The molecule has 110 valence electrons. The maximum Gasteiger partial charge on any atom is 0.270 e. The molecule has 1 fully saturated rings. The Hall–Kier alpha value is -2.21. The van der Waals surface area contributed by atoms with Gasteiger partial charge < -0.3 is 5.43 Å². The molecular weight excluding hydrogens is 268 g/mol. The Morgan fingerprint density at radius 1 is 1.24 bits per heavy atom. The average Bonchev–Trinajstić information content (AvgIpc) is 2.47. The van der Waals surface area contributed by atoms with Gasteiger partial charge in [-0.2, -0.15) is 0 Å². The van der Waals surface area contributed by atoms with Crippen LogP contribution in [-0.2, 0) is 0 Å². The van der Waals surface area contributed by atoms with E-state index in [0.717, 1.165) is 35.4 Å². The predicted molar refractivity (Wildman–Crippen MR) is 82.2 cm³/mol. The summed E-state index contributed by atoms with van der Waals surface area (Å²) in [7, 11) is 0. The van der Waals surface area contributed by atoms with Crippen LogP contribution in [0.15, 0.2) is 24.3 Å². The second-order valence-corrected chi connectivity index (χ2v) is 5.43. The Balaban J connectivity index is 2.01. The molecule has 0 atom stereocenters. The zero-order valence-corrected chi connectivity index (χ0v) is 12.0. The molecule has 0 saturated carbocycles. The Morgan fingerprint density at radius 3 is 2.71 bits per heavy atom. The first-order chi connectivity index (χ1) is 10.1. The van der Waals surface area contributed by atoms with Crippen molar-refractivity contribution < 1.29 is 4.92 Å². The smallest absolute Gasteiger partial charge is 0.270 e. The number of fused-ring (bicyclic) bond motifs is 1. The predicted octanol–water partition coefficient (Wildman–Crippen LogP) is 3.26. The molecular formula is C15H18N4O2. The maximum atomic E-state index is 11.0. The fourth-order valence-electron chi connectivity index (χ4n) is 2.73. The molecule has 1 aliphatic rings. The number of hydrogen-bond donors (Lipinski definition) is 1. The summed E-state index contributed by atoms with van der Waals surface area (Å²) < 4.78 is 0. The molecule has 2 aromatic rings. The first-order valence-corrected chi connectivity index (χ1v) is 7.21. The largest absolute Gasteiger partial charge is 0.318 e. The van der Waals surface area contributed by atoms with E-state index in [1.165, 1.54) is 25.3 Å². The molecule has 0 amide bonds. The van der Waals surface area contributed by atoms with Crippen molar-refractivity contribution in [2.24, 2.45) is 0 Å². The van der Waals surface area contributed by atoms with Crippen LogP contribution in [0, 0.1) is 17.0 Å². The number of nitro groups is 1. The maximum absolute atomic E-state index is 11.0. The Morgan fingerprint density at radius 2 is 2.00 bits per heavy atom. The highest BCUT2D eigenvalue weighted by Crippen LogP contribution is 2.28. The van der Waals surface area contributed by atoms with Gasteiger partial charge in [0.05, 0.1) is 16.1 Å². The summed E-state index contributed by atoms with van der Waals surface area (Å²) in [6.45, 7) is 3.93. The Bertz CT molecular complexity index is 681. The summed E-state index contributed by atoms with van der Waals surface area (Å²) in [6, 6.07) is 6.75. The molecule has 0 bridgehead atoms. The van der Waals surface area contributed by atoms with Gasteiger partial charge in [-0.1, -0.05) is 6.42 Å². The van der Waals surface area contributed by atoms with E-state index in [1.807, 2.05) is 13.0 Å². The van der Waals surface area contributed by atoms with Crippen LogP contribution in [0.5, 0.6) is 0 Å². The van der Waals surface area contributed by atoms with Crippen molar-refractivity contribution in [3.8, 4) is 0 Å². The second kappa shape index (κ2) is 5.65. The van der Waals surface area contributed by atoms with Crippen LogP contribution in [-0.4, -0.2) is 28.0 Å². The van der Waals surface area contributed by atoms with E-state index in [4.69, 9.17) is 0 Å². The molecule has 2 heterocycles. The number of non-ortho nitro benzene ring substituents is 1. The zero-order valence-electron chi connectivity index (χ0n) is 12.0. The highest BCUT2D eigenvalue weighted by atomic mass is 16.6. The lowest BCUT2D eigenvalue weighted by Crippen LogP contribution is -2.34. The van der Waals surface area contributed by atoms with Crippen molar-refractivity contribution >= 4 is 22.3 Å². The van der Waals surface area contributed by atoms with Gasteiger partial charge in [0.25, 0.3) is 5.69 Å². The fourth-order valence-corrected chi connectivity index (χ4v) is 2.73. The van der Waals surface area contributed by atoms with Gasteiger partial charge in [0.2, 0.25) is 0 Å². The molecule has 1 aromatic carbocycles. The van der Waals surface area contributed by atoms with Gasteiger partial charge in [-0.3, -0.25) is 15.1 Å². The molecule has 1 aromatic heterocycles. The number of nitro benzene ring substituents is 1. The third-order valence-corrected chi connectivity index (χ3v) is 3.77. The quantitative estimate of drug-likeness (QED) is 0.692. The highest BCUT2D eigenvalue weighted by molar-refractivity contribution is 5.92. The second-order valence-electron chi connectivity index (χ2n) is 5.43. The minimum Gasteiger partial charge on any atom is -0.318 e. The minimum atomic E-state index is -0.371. The van der Waals surface area contributed by atoms with E-state index >= 15 is 0 Å². The van der Waals surface area contributed by atoms with Crippen LogP contribution in [0.2, 0.25) is 0 Å². The van der Waals surface area contributed by atoms with Crippen molar-refractivity contribution in [3.05, 3.63) is 40.1 Å². The van der Waals surface area contributed by atoms with E-state index < -0.39 is 0 Å². The van der Waals surface area contributed by atoms with Gasteiger partial charge in [-0.15, -0.1) is 0 Å². The van der Waals surface area contributed by atoms with E-state index in [-0.39, 0.29) is 10.6 Å². The normalized spacial score (nSPS) is 16.0. The number of pyridine rings is 1. The molecule has 1 N–H and O–H groups in total. The zero-order chi connectivity index (χ0) is 14.8. The monoisotopic (exact) mass is 286 g/mol. The van der Waals surface area contributed by atoms with Gasteiger partial charge in [-0.05, 0) is 31.9 Å². The van der Waals surface area contributed by atoms with Crippen LogP contribution < -0.4 is 5.43 Å². The van der Waals surface area contributed by atoms with Crippen molar-refractivity contribution in [2.45, 2.75) is 26.2 Å². The number of nitrogens with one attached hydrogen (secondary N) is 1. The van der Waals surface area contributed by atoms with E-state index in [1.54, 1.807) is 12.1 Å². The molecule has 0 spiro atoms. The van der Waals surface area contributed by atoms with Gasteiger partial charge >= 0.3 is 0 Å². The van der Waals surface area contributed by atoms with Gasteiger partial charge in [0, 0.05) is 36.3 Å². The summed E-state index contributed by atoms with van der Waals surface area (Å²) in [5.74, 6) is 0. The highest BCUT2D eigenvalue weighted by Gasteiger charge is 2.14. The number of piperidine rings is 1. The van der Waals surface area contributed by atoms with Gasteiger partial charge in [0.15, 0.2) is 0 Å².